The van der Waals surface area contributed by atoms with Gasteiger partial charge in [0.1, 0.15) is 5.75 Å². The van der Waals surface area contributed by atoms with Crippen LogP contribution in [0.2, 0.25) is 0 Å². The summed E-state index contributed by atoms with van der Waals surface area (Å²) in [6, 6.07) is 22.4. The van der Waals surface area contributed by atoms with E-state index < -0.39 is 0 Å². The molecule has 6 heteroatoms. The maximum Gasteiger partial charge on any atom is 0.258 e. The standard InChI is InChI=1S/C29H32N4O2/c1-19(30)13-16-35-28-18-23(7-9-24(28)21-8-10-25-22(17-21)11-14-31-25)29(34)33-15-12-20(2)32-26-5-3-4-6-27(26)33/h3-11,14,17-20,31-32H,12-13,15-16,30H2,1-2H3. The molecule has 6 nitrogen and oxygen atoms in total. The van der Waals surface area contributed by atoms with Crippen molar-refractivity contribution in [2.75, 3.05) is 23.4 Å². The molecule has 5 rings (SSSR count). The van der Waals surface area contributed by atoms with Crippen LogP contribution in [0.3, 0.4) is 0 Å². The molecule has 0 radical (unpaired) electrons. The average molecular weight is 469 g/mol. The molecule has 1 amide bonds. The maximum atomic E-state index is 13.8. The van der Waals surface area contributed by atoms with E-state index in [0.717, 1.165) is 46.2 Å². The van der Waals surface area contributed by atoms with Gasteiger partial charge in [-0.25, -0.2) is 0 Å². The number of para-hydroxylation sites is 2. The Hall–Kier alpha value is -3.77. The molecule has 0 bridgehead atoms. The van der Waals surface area contributed by atoms with Gasteiger partial charge in [-0.05, 0) is 86.2 Å². The van der Waals surface area contributed by atoms with Gasteiger partial charge in [-0.1, -0.05) is 18.2 Å². The second-order valence-electron chi connectivity index (χ2n) is 9.41. The number of aromatic amines is 1. The highest BCUT2D eigenvalue weighted by Crippen LogP contribution is 2.35. The number of nitrogens with two attached hydrogens (primary N) is 1. The summed E-state index contributed by atoms with van der Waals surface area (Å²) in [6.45, 7) is 5.25. The molecule has 4 N–H and O–H groups in total. The van der Waals surface area contributed by atoms with Crippen LogP contribution in [0.4, 0.5) is 11.4 Å². The highest BCUT2D eigenvalue weighted by atomic mass is 16.5. The zero-order valence-corrected chi connectivity index (χ0v) is 20.3. The molecule has 0 saturated carbocycles. The lowest BCUT2D eigenvalue weighted by Crippen LogP contribution is -2.32. The van der Waals surface area contributed by atoms with Crippen molar-refractivity contribution in [3.8, 4) is 16.9 Å². The Morgan fingerprint density at radius 3 is 2.86 bits per heavy atom. The van der Waals surface area contributed by atoms with Gasteiger partial charge in [-0.3, -0.25) is 4.79 Å². The monoisotopic (exact) mass is 468 g/mol. The Kier molecular flexibility index (Phi) is 6.47. The molecular weight excluding hydrogens is 436 g/mol. The van der Waals surface area contributed by atoms with Gasteiger partial charge in [0.05, 0.1) is 18.0 Å². The average Bonchev–Trinajstić information content (AvgIpc) is 3.25. The number of amides is 1. The van der Waals surface area contributed by atoms with Crippen molar-refractivity contribution in [2.45, 2.75) is 38.8 Å². The summed E-state index contributed by atoms with van der Waals surface area (Å²) in [7, 11) is 0. The second-order valence-corrected chi connectivity index (χ2v) is 9.41. The second kappa shape index (κ2) is 9.84. The summed E-state index contributed by atoms with van der Waals surface area (Å²) >= 11 is 0. The minimum absolute atomic E-state index is 0.0296. The van der Waals surface area contributed by atoms with E-state index in [2.05, 4.69) is 41.5 Å². The van der Waals surface area contributed by atoms with Crippen LogP contribution in [0.5, 0.6) is 5.75 Å². The van der Waals surface area contributed by atoms with Crippen molar-refractivity contribution >= 4 is 28.2 Å². The molecule has 180 valence electrons. The molecular formula is C29H32N4O2. The lowest BCUT2D eigenvalue weighted by molar-refractivity contribution is 0.0986. The lowest BCUT2D eigenvalue weighted by Gasteiger charge is -2.23. The molecule has 1 aliphatic rings. The van der Waals surface area contributed by atoms with E-state index in [1.807, 2.05) is 60.5 Å². The normalized spacial score (nSPS) is 16.3. The van der Waals surface area contributed by atoms with E-state index in [1.54, 1.807) is 0 Å². The van der Waals surface area contributed by atoms with Gasteiger partial charge in [0, 0.05) is 41.5 Å². The highest BCUT2D eigenvalue weighted by molar-refractivity contribution is 6.08. The fourth-order valence-electron chi connectivity index (χ4n) is 4.57. The summed E-state index contributed by atoms with van der Waals surface area (Å²) in [5, 5.41) is 4.65. The van der Waals surface area contributed by atoms with Crippen LogP contribution in [0, 0.1) is 0 Å². The molecule has 1 aromatic heterocycles. The molecule has 1 aliphatic heterocycles. The van der Waals surface area contributed by atoms with Crippen LogP contribution in [0.25, 0.3) is 22.0 Å². The summed E-state index contributed by atoms with van der Waals surface area (Å²) in [5.74, 6) is 0.666. The number of aromatic nitrogens is 1. The third kappa shape index (κ3) is 4.88. The fraction of sp³-hybridized carbons (Fsp3) is 0.276. The Labute approximate surface area is 206 Å². The topological polar surface area (TPSA) is 83.4 Å². The van der Waals surface area contributed by atoms with Crippen molar-refractivity contribution in [2.24, 2.45) is 5.73 Å². The zero-order valence-electron chi connectivity index (χ0n) is 20.3. The van der Waals surface area contributed by atoms with Gasteiger partial charge in [0.15, 0.2) is 0 Å². The first kappa shape index (κ1) is 23.0. The van der Waals surface area contributed by atoms with Gasteiger partial charge in [0.2, 0.25) is 0 Å². The van der Waals surface area contributed by atoms with Gasteiger partial charge in [0.25, 0.3) is 5.91 Å². The van der Waals surface area contributed by atoms with E-state index >= 15 is 0 Å². The molecule has 0 spiro atoms. The number of ether oxygens (including phenoxy) is 1. The van der Waals surface area contributed by atoms with E-state index in [9.17, 15) is 4.79 Å². The van der Waals surface area contributed by atoms with Crippen LogP contribution in [0.1, 0.15) is 37.0 Å². The Morgan fingerprint density at radius 2 is 2.00 bits per heavy atom. The molecule has 2 heterocycles. The third-order valence-electron chi connectivity index (χ3n) is 6.55. The molecule has 2 unspecified atom stereocenters. The highest BCUT2D eigenvalue weighted by Gasteiger charge is 2.25. The third-order valence-corrected chi connectivity index (χ3v) is 6.55. The minimum atomic E-state index is -0.0296. The number of carbonyl (C=O) groups excluding carboxylic acids is 1. The van der Waals surface area contributed by atoms with E-state index in [1.165, 1.54) is 0 Å². The van der Waals surface area contributed by atoms with E-state index in [0.29, 0.717) is 24.5 Å². The van der Waals surface area contributed by atoms with Crippen molar-refractivity contribution < 1.29 is 9.53 Å². The van der Waals surface area contributed by atoms with Crippen LogP contribution in [-0.4, -0.2) is 36.1 Å². The molecule has 0 fully saturated rings. The first-order valence-corrected chi connectivity index (χ1v) is 12.3. The van der Waals surface area contributed by atoms with Crippen LogP contribution in [0.15, 0.2) is 72.9 Å². The number of anilines is 2. The molecule has 35 heavy (non-hydrogen) atoms. The van der Waals surface area contributed by atoms with Crippen molar-refractivity contribution in [3.63, 3.8) is 0 Å². The number of H-pyrrole nitrogens is 1. The number of carbonyl (C=O) groups is 1. The van der Waals surface area contributed by atoms with Crippen LogP contribution in [-0.2, 0) is 0 Å². The van der Waals surface area contributed by atoms with Crippen molar-refractivity contribution in [1.29, 1.82) is 0 Å². The summed E-state index contributed by atoms with van der Waals surface area (Å²) < 4.78 is 6.21. The smallest absolute Gasteiger partial charge is 0.258 e. The van der Waals surface area contributed by atoms with Crippen molar-refractivity contribution in [1.82, 2.24) is 4.98 Å². The van der Waals surface area contributed by atoms with Gasteiger partial charge in [-0.15, -0.1) is 0 Å². The Bertz CT molecular complexity index is 1340. The number of nitrogens with one attached hydrogen (secondary N) is 2. The Balaban J connectivity index is 1.51. The lowest BCUT2D eigenvalue weighted by atomic mass is 10.0. The predicted molar refractivity (Wildman–Crippen MR) is 143 cm³/mol. The first-order valence-electron chi connectivity index (χ1n) is 12.3. The van der Waals surface area contributed by atoms with Gasteiger partial charge < -0.3 is 25.7 Å². The summed E-state index contributed by atoms with van der Waals surface area (Å²) in [6.07, 6.45) is 3.54. The zero-order chi connectivity index (χ0) is 24.4. The SMILES string of the molecule is CC(N)CCOc1cc(C(=O)N2CCC(C)Nc3ccccc32)ccc1-c1ccc2[nH]ccc2c1. The van der Waals surface area contributed by atoms with E-state index in [4.69, 9.17) is 10.5 Å². The summed E-state index contributed by atoms with van der Waals surface area (Å²) in [5.41, 5.74) is 11.5. The molecule has 4 aromatic rings. The minimum Gasteiger partial charge on any atom is -0.493 e. The van der Waals surface area contributed by atoms with Crippen LogP contribution >= 0.6 is 0 Å². The Morgan fingerprint density at radius 1 is 1.14 bits per heavy atom. The number of hydrogen-bond donors (Lipinski definition) is 3. The number of hydrogen-bond acceptors (Lipinski definition) is 4. The quantitative estimate of drug-likeness (QED) is 0.334. The predicted octanol–water partition coefficient (Wildman–Crippen LogP) is 5.80. The fourth-order valence-corrected chi connectivity index (χ4v) is 4.57. The molecule has 0 saturated heterocycles. The maximum absolute atomic E-state index is 13.8. The number of rotatable bonds is 6. The molecule has 0 aliphatic carbocycles. The molecule has 2 atom stereocenters. The van der Waals surface area contributed by atoms with E-state index in [-0.39, 0.29) is 18.0 Å². The van der Waals surface area contributed by atoms with Crippen molar-refractivity contribution in [3.05, 3.63) is 78.5 Å². The summed E-state index contributed by atoms with van der Waals surface area (Å²) in [4.78, 5) is 18.9. The van der Waals surface area contributed by atoms with Gasteiger partial charge >= 0.3 is 0 Å². The largest absolute Gasteiger partial charge is 0.493 e. The number of benzene rings is 3. The number of fused-ring (bicyclic) bond motifs is 2. The number of nitrogens with zero attached hydrogens (tertiary/aromatic N) is 1. The first-order chi connectivity index (χ1) is 17.0. The molecule has 3 aromatic carbocycles. The van der Waals surface area contributed by atoms with Crippen LogP contribution < -0.4 is 20.7 Å². The van der Waals surface area contributed by atoms with Gasteiger partial charge in [-0.2, -0.15) is 0 Å².